The molecule has 5 heteroatoms. The highest BCUT2D eigenvalue weighted by atomic mass is 16.3. The quantitative estimate of drug-likeness (QED) is 0.808. The van der Waals surface area contributed by atoms with Crippen molar-refractivity contribution in [3.63, 3.8) is 0 Å². The second-order valence-electron chi connectivity index (χ2n) is 5.70. The first-order valence-electron chi connectivity index (χ1n) is 7.27. The van der Waals surface area contributed by atoms with Crippen LogP contribution in [0.15, 0.2) is 36.5 Å². The Kier molecular flexibility index (Phi) is 3.75. The number of benzene rings is 1. The number of anilines is 1. The molecule has 1 aromatic heterocycles. The van der Waals surface area contributed by atoms with Gasteiger partial charge in [0.25, 0.3) is 0 Å². The fourth-order valence-electron chi connectivity index (χ4n) is 2.86. The molecule has 0 saturated heterocycles. The van der Waals surface area contributed by atoms with Crippen LogP contribution in [0, 0.1) is 0 Å². The minimum Gasteiger partial charge on any atom is -0.389 e. The Morgan fingerprint density at radius 3 is 2.57 bits per heavy atom. The predicted molar refractivity (Wildman–Crippen MR) is 80.7 cm³/mol. The van der Waals surface area contributed by atoms with Crippen LogP contribution in [0.1, 0.15) is 32.1 Å². The maximum Gasteiger partial charge on any atom is 0.227 e. The Bertz CT molecular complexity index is 599. The summed E-state index contributed by atoms with van der Waals surface area (Å²) in [6.45, 7) is 0. The maximum absolute atomic E-state index is 12.0. The Morgan fingerprint density at radius 1 is 1.24 bits per heavy atom. The van der Waals surface area contributed by atoms with Gasteiger partial charge in [-0.3, -0.25) is 9.89 Å². The summed E-state index contributed by atoms with van der Waals surface area (Å²) in [6.07, 6.45) is 5.33. The second kappa shape index (κ2) is 5.69. The van der Waals surface area contributed by atoms with E-state index < -0.39 is 5.60 Å². The molecular formula is C16H19N3O2. The van der Waals surface area contributed by atoms with Crippen molar-refractivity contribution in [3.05, 3.63) is 36.5 Å². The summed E-state index contributed by atoms with van der Waals surface area (Å²) >= 11 is 0. The van der Waals surface area contributed by atoms with Crippen molar-refractivity contribution in [2.45, 2.75) is 37.7 Å². The van der Waals surface area contributed by atoms with Crippen molar-refractivity contribution in [1.29, 1.82) is 0 Å². The number of nitrogens with one attached hydrogen (secondary N) is 2. The van der Waals surface area contributed by atoms with Gasteiger partial charge >= 0.3 is 0 Å². The van der Waals surface area contributed by atoms with Crippen molar-refractivity contribution >= 4 is 11.6 Å². The summed E-state index contributed by atoms with van der Waals surface area (Å²) in [4.78, 5) is 12.0. The van der Waals surface area contributed by atoms with E-state index in [0.29, 0.717) is 0 Å². The number of carbonyl (C=O) groups is 1. The minimum atomic E-state index is -0.806. The molecule has 0 unspecified atom stereocenters. The number of aromatic amines is 1. The molecule has 0 spiro atoms. The smallest absolute Gasteiger partial charge is 0.227 e. The second-order valence-corrected chi connectivity index (χ2v) is 5.70. The number of H-pyrrole nitrogens is 1. The van der Waals surface area contributed by atoms with Crippen LogP contribution in [0.2, 0.25) is 0 Å². The molecule has 5 nitrogen and oxygen atoms in total. The molecule has 1 amide bonds. The third-order valence-electron chi connectivity index (χ3n) is 4.00. The van der Waals surface area contributed by atoms with Gasteiger partial charge in [0.05, 0.1) is 17.7 Å². The topological polar surface area (TPSA) is 78.0 Å². The van der Waals surface area contributed by atoms with E-state index in [1.807, 2.05) is 30.3 Å². The predicted octanol–water partition coefficient (Wildman–Crippen LogP) is 2.71. The van der Waals surface area contributed by atoms with E-state index in [9.17, 15) is 9.90 Å². The Balaban J connectivity index is 1.61. The van der Waals surface area contributed by atoms with Crippen molar-refractivity contribution in [2.75, 3.05) is 5.32 Å². The van der Waals surface area contributed by atoms with Crippen LogP contribution in [-0.4, -0.2) is 26.8 Å². The van der Waals surface area contributed by atoms with E-state index in [1.54, 1.807) is 6.20 Å². The van der Waals surface area contributed by atoms with E-state index in [-0.39, 0.29) is 12.3 Å². The van der Waals surface area contributed by atoms with Gasteiger partial charge in [0.15, 0.2) is 0 Å². The molecule has 3 rings (SSSR count). The summed E-state index contributed by atoms with van der Waals surface area (Å²) in [5.74, 6) is -0.131. The molecule has 1 aromatic carbocycles. The van der Waals surface area contributed by atoms with E-state index in [0.717, 1.165) is 42.6 Å². The summed E-state index contributed by atoms with van der Waals surface area (Å²) in [5.41, 5.74) is 1.89. The SMILES string of the molecule is O=C(CC1(O)CCCC1)Nc1ccc(-c2ccn[nH]2)cc1. The van der Waals surface area contributed by atoms with E-state index in [2.05, 4.69) is 15.5 Å². The molecule has 2 aromatic rings. The van der Waals surface area contributed by atoms with Crippen LogP contribution in [0.4, 0.5) is 5.69 Å². The van der Waals surface area contributed by atoms with Crippen LogP contribution in [0.25, 0.3) is 11.3 Å². The van der Waals surface area contributed by atoms with Gasteiger partial charge in [-0.1, -0.05) is 25.0 Å². The lowest BCUT2D eigenvalue weighted by Crippen LogP contribution is -2.30. The van der Waals surface area contributed by atoms with Crippen molar-refractivity contribution < 1.29 is 9.90 Å². The molecule has 110 valence electrons. The van der Waals surface area contributed by atoms with Gasteiger partial charge < -0.3 is 10.4 Å². The van der Waals surface area contributed by atoms with Crippen LogP contribution < -0.4 is 5.32 Å². The van der Waals surface area contributed by atoms with E-state index in [1.165, 1.54) is 0 Å². The minimum absolute atomic E-state index is 0.131. The zero-order chi connectivity index (χ0) is 14.7. The van der Waals surface area contributed by atoms with Gasteiger partial charge in [-0.05, 0) is 36.6 Å². The van der Waals surface area contributed by atoms with Gasteiger partial charge in [0.1, 0.15) is 0 Å². The van der Waals surface area contributed by atoms with Crippen molar-refractivity contribution in [1.82, 2.24) is 10.2 Å². The molecule has 0 aliphatic heterocycles. The van der Waals surface area contributed by atoms with Crippen LogP contribution in [0.5, 0.6) is 0 Å². The molecule has 1 heterocycles. The number of hydrogen-bond donors (Lipinski definition) is 3. The van der Waals surface area contributed by atoms with Gasteiger partial charge in [-0.25, -0.2) is 0 Å². The van der Waals surface area contributed by atoms with Gasteiger partial charge in [-0.15, -0.1) is 0 Å². The van der Waals surface area contributed by atoms with E-state index >= 15 is 0 Å². The summed E-state index contributed by atoms with van der Waals surface area (Å²) in [5, 5.41) is 19.9. The lowest BCUT2D eigenvalue weighted by Gasteiger charge is -2.21. The molecule has 21 heavy (non-hydrogen) atoms. The zero-order valence-electron chi connectivity index (χ0n) is 11.8. The van der Waals surface area contributed by atoms with E-state index in [4.69, 9.17) is 0 Å². The number of amides is 1. The molecule has 1 aliphatic rings. The fourth-order valence-corrected chi connectivity index (χ4v) is 2.86. The van der Waals surface area contributed by atoms with Crippen LogP contribution in [-0.2, 0) is 4.79 Å². The number of nitrogens with zero attached hydrogens (tertiary/aromatic N) is 1. The average Bonchev–Trinajstić information content (AvgIpc) is 3.11. The molecule has 0 bridgehead atoms. The first kappa shape index (κ1) is 13.8. The third-order valence-corrected chi connectivity index (χ3v) is 4.00. The van der Waals surface area contributed by atoms with Gasteiger partial charge in [0, 0.05) is 11.9 Å². The van der Waals surface area contributed by atoms with Crippen molar-refractivity contribution in [3.8, 4) is 11.3 Å². The first-order valence-corrected chi connectivity index (χ1v) is 7.27. The number of aliphatic hydroxyl groups is 1. The molecular weight excluding hydrogens is 266 g/mol. The molecule has 0 radical (unpaired) electrons. The standard InChI is InChI=1S/C16H19N3O2/c20-15(11-16(21)8-1-2-9-16)18-13-5-3-12(4-6-13)14-7-10-17-19-14/h3-7,10,21H,1-2,8-9,11H2,(H,17,19)(H,18,20). The van der Waals surface area contributed by atoms with Crippen LogP contribution >= 0.6 is 0 Å². The highest BCUT2D eigenvalue weighted by Crippen LogP contribution is 2.32. The Labute approximate surface area is 123 Å². The molecule has 1 saturated carbocycles. The lowest BCUT2D eigenvalue weighted by molar-refractivity contribution is -0.120. The number of aromatic nitrogens is 2. The zero-order valence-corrected chi connectivity index (χ0v) is 11.8. The lowest BCUT2D eigenvalue weighted by atomic mass is 9.97. The molecule has 3 N–H and O–H groups in total. The largest absolute Gasteiger partial charge is 0.389 e. The molecule has 1 fully saturated rings. The summed E-state index contributed by atoms with van der Waals surface area (Å²) in [7, 11) is 0. The van der Waals surface area contributed by atoms with Crippen LogP contribution in [0.3, 0.4) is 0 Å². The summed E-state index contributed by atoms with van der Waals surface area (Å²) in [6, 6.07) is 9.45. The highest BCUT2D eigenvalue weighted by Gasteiger charge is 2.33. The van der Waals surface area contributed by atoms with Crippen molar-refractivity contribution in [2.24, 2.45) is 0 Å². The number of hydrogen-bond acceptors (Lipinski definition) is 3. The first-order chi connectivity index (χ1) is 10.1. The molecule has 1 aliphatic carbocycles. The number of rotatable bonds is 4. The van der Waals surface area contributed by atoms with Gasteiger partial charge in [-0.2, -0.15) is 5.10 Å². The summed E-state index contributed by atoms with van der Waals surface area (Å²) < 4.78 is 0. The molecule has 0 atom stereocenters. The maximum atomic E-state index is 12.0. The average molecular weight is 285 g/mol. The normalized spacial score (nSPS) is 16.8. The Hall–Kier alpha value is -2.14. The number of carbonyl (C=O) groups excluding carboxylic acids is 1. The highest BCUT2D eigenvalue weighted by molar-refractivity contribution is 5.91. The third kappa shape index (κ3) is 3.31. The monoisotopic (exact) mass is 285 g/mol. The fraction of sp³-hybridized carbons (Fsp3) is 0.375. The Morgan fingerprint density at radius 2 is 1.95 bits per heavy atom. The van der Waals surface area contributed by atoms with Gasteiger partial charge in [0.2, 0.25) is 5.91 Å².